The third-order valence-electron chi connectivity index (χ3n) is 5.78. The minimum atomic E-state index is -0.949. The molecule has 1 atom stereocenters. The highest BCUT2D eigenvalue weighted by Crippen LogP contribution is 2.37. The van der Waals surface area contributed by atoms with Gasteiger partial charge in [0.1, 0.15) is 23.8 Å². The Balaban J connectivity index is 1.44. The molecule has 0 spiro atoms. The second-order valence-corrected chi connectivity index (χ2v) is 7.71. The maximum absolute atomic E-state index is 6.33. The van der Waals surface area contributed by atoms with E-state index >= 15 is 0 Å². The summed E-state index contributed by atoms with van der Waals surface area (Å²) in [4.78, 5) is 0. The van der Waals surface area contributed by atoms with E-state index in [2.05, 4.69) is 31.5 Å². The first-order chi connectivity index (χ1) is 16.3. The molecule has 0 saturated carbocycles. The Labute approximate surface area is 188 Å². The number of hydrazine groups is 2. The van der Waals surface area contributed by atoms with Crippen molar-refractivity contribution >= 4 is 34.2 Å². The van der Waals surface area contributed by atoms with Crippen LogP contribution in [0.4, 0.5) is 5.88 Å². The minimum Gasteiger partial charge on any atom is -0.456 e. The van der Waals surface area contributed by atoms with Crippen molar-refractivity contribution in [2.75, 3.05) is 18.7 Å². The Morgan fingerprint density at radius 1 is 1.00 bits per heavy atom. The summed E-state index contributed by atoms with van der Waals surface area (Å²) in [5, 5.41) is 25.2. The van der Waals surface area contributed by atoms with Crippen LogP contribution in [0, 0.1) is 0 Å². The number of hydrazone groups is 1. The molecule has 6 rings (SSSR count). The molecule has 0 fully saturated rings. The highest BCUT2D eigenvalue weighted by Gasteiger charge is 2.46. The van der Waals surface area contributed by atoms with Crippen LogP contribution in [0.3, 0.4) is 0 Å². The Morgan fingerprint density at radius 2 is 1.76 bits per heavy atom. The number of aromatic nitrogens is 4. The van der Waals surface area contributed by atoms with Gasteiger partial charge in [-0.15, -0.1) is 20.9 Å². The van der Waals surface area contributed by atoms with Crippen molar-refractivity contribution in [3.8, 4) is 0 Å². The van der Waals surface area contributed by atoms with Crippen LogP contribution in [-0.2, 0) is 5.66 Å². The lowest BCUT2D eigenvalue weighted by molar-refractivity contribution is 0.0479. The third kappa shape index (κ3) is 3.13. The summed E-state index contributed by atoms with van der Waals surface area (Å²) in [5.41, 5.74) is 3.90. The van der Waals surface area contributed by atoms with Gasteiger partial charge in [0.25, 0.3) is 0 Å². The van der Waals surface area contributed by atoms with E-state index in [1.165, 1.54) is 0 Å². The first kappa shape index (κ1) is 19.5. The summed E-state index contributed by atoms with van der Waals surface area (Å²) in [6.07, 6.45) is 3.82. The fourth-order valence-electron chi connectivity index (χ4n) is 4.12. The van der Waals surface area contributed by atoms with Gasteiger partial charge < -0.3 is 14.2 Å². The monoisotopic (exact) mass is 443 g/mol. The molecule has 2 aromatic carbocycles. The topological polar surface area (TPSA) is 113 Å². The number of para-hydroxylation sites is 2. The molecular weight excluding hydrogens is 422 g/mol. The van der Waals surface area contributed by atoms with E-state index in [0.29, 0.717) is 24.6 Å². The minimum absolute atomic E-state index is 0.554. The maximum atomic E-state index is 6.33. The Morgan fingerprint density at radius 3 is 2.45 bits per heavy atom. The molecule has 1 unspecified atom stereocenters. The fraction of sp³-hybridized carbons (Fsp3) is 0.182. The fourth-order valence-corrected chi connectivity index (χ4v) is 4.12. The van der Waals surface area contributed by atoms with Gasteiger partial charge in [-0.05, 0) is 42.2 Å². The largest absolute Gasteiger partial charge is 0.456 e. The molecule has 0 radical (unpaired) electrons. The molecular formula is C22H21N9O2. The van der Waals surface area contributed by atoms with Gasteiger partial charge in [0.15, 0.2) is 5.76 Å². The maximum Gasteiger partial charge on any atom is 0.234 e. The van der Waals surface area contributed by atoms with Gasteiger partial charge in [-0.25, -0.2) is 5.01 Å². The Hall–Kier alpha value is -4.22. The quantitative estimate of drug-likeness (QED) is 0.392. The van der Waals surface area contributed by atoms with Gasteiger partial charge in [-0.2, -0.15) is 4.68 Å². The molecule has 11 nitrogen and oxygen atoms in total. The molecule has 1 aliphatic heterocycles. The van der Waals surface area contributed by atoms with Gasteiger partial charge >= 0.3 is 0 Å². The first-order valence-corrected chi connectivity index (χ1v) is 10.5. The van der Waals surface area contributed by atoms with Crippen LogP contribution in [0.5, 0.6) is 0 Å². The van der Waals surface area contributed by atoms with Crippen molar-refractivity contribution in [3.63, 3.8) is 0 Å². The van der Waals surface area contributed by atoms with Gasteiger partial charge in [-0.1, -0.05) is 36.4 Å². The van der Waals surface area contributed by atoms with E-state index in [0.717, 1.165) is 21.9 Å². The van der Waals surface area contributed by atoms with Crippen LogP contribution in [-0.4, -0.2) is 45.1 Å². The van der Waals surface area contributed by atoms with Gasteiger partial charge in [0.2, 0.25) is 11.5 Å². The van der Waals surface area contributed by atoms with Crippen LogP contribution in [0.15, 0.2) is 80.9 Å². The smallest absolute Gasteiger partial charge is 0.234 e. The predicted molar refractivity (Wildman–Crippen MR) is 122 cm³/mol. The summed E-state index contributed by atoms with van der Waals surface area (Å²) in [6, 6.07) is 19.6. The number of rotatable bonds is 7. The molecule has 0 bridgehead atoms. The highest BCUT2D eigenvalue weighted by atomic mass is 16.4. The molecule has 2 N–H and O–H groups in total. The number of benzene rings is 2. The molecule has 5 aromatic rings. The zero-order chi connectivity index (χ0) is 22.3. The van der Waals surface area contributed by atoms with Gasteiger partial charge in [0, 0.05) is 23.3 Å². The summed E-state index contributed by atoms with van der Waals surface area (Å²) < 4.78 is 14.0. The van der Waals surface area contributed by atoms with Crippen LogP contribution in [0.2, 0.25) is 0 Å². The van der Waals surface area contributed by atoms with Crippen LogP contribution in [0.1, 0.15) is 12.2 Å². The van der Waals surface area contributed by atoms with Crippen molar-refractivity contribution in [2.24, 2.45) is 5.10 Å². The molecule has 33 heavy (non-hydrogen) atoms. The summed E-state index contributed by atoms with van der Waals surface area (Å²) in [5.74, 6) is 1.22. The number of hydrogen-bond acceptors (Lipinski definition) is 10. The normalized spacial score (nSPS) is 15.7. The number of hydrogen-bond donors (Lipinski definition) is 2. The van der Waals surface area contributed by atoms with Crippen molar-refractivity contribution < 1.29 is 8.83 Å². The van der Waals surface area contributed by atoms with Crippen LogP contribution >= 0.6 is 0 Å². The van der Waals surface area contributed by atoms with Crippen LogP contribution in [0.25, 0.3) is 21.9 Å². The molecule has 0 aliphatic carbocycles. The van der Waals surface area contributed by atoms with E-state index in [-0.39, 0.29) is 0 Å². The van der Waals surface area contributed by atoms with Gasteiger partial charge in [0.05, 0.1) is 0 Å². The zero-order valence-corrected chi connectivity index (χ0v) is 17.8. The number of furan rings is 2. The average molecular weight is 443 g/mol. The molecule has 11 heteroatoms. The predicted octanol–water partition coefficient (Wildman–Crippen LogP) is 2.66. The van der Waals surface area contributed by atoms with Crippen molar-refractivity contribution in [1.29, 1.82) is 0 Å². The van der Waals surface area contributed by atoms with E-state index in [9.17, 15) is 0 Å². The number of nitrogens with zero attached hydrogens (tertiary/aromatic N) is 7. The Bertz CT molecular complexity index is 1360. The number of tetrazole rings is 1. The molecule has 0 amide bonds. The Kier molecular flexibility index (Phi) is 4.56. The van der Waals surface area contributed by atoms with Gasteiger partial charge in [-0.3, -0.25) is 0 Å². The number of fused-ring (bicyclic) bond motifs is 2. The molecule has 4 heterocycles. The average Bonchev–Trinajstić information content (AvgIpc) is 3.65. The molecule has 1 aliphatic rings. The first-order valence-electron chi connectivity index (χ1n) is 10.5. The summed E-state index contributed by atoms with van der Waals surface area (Å²) >= 11 is 0. The van der Waals surface area contributed by atoms with Crippen molar-refractivity contribution in [2.45, 2.75) is 12.1 Å². The lowest BCUT2D eigenvalue weighted by atomic mass is 10.0. The van der Waals surface area contributed by atoms with E-state index in [1.54, 1.807) is 22.5 Å². The van der Waals surface area contributed by atoms with Crippen LogP contribution < -0.4 is 16.0 Å². The lowest BCUT2D eigenvalue weighted by Gasteiger charge is -2.38. The molecule has 166 valence electrons. The summed E-state index contributed by atoms with van der Waals surface area (Å²) in [7, 11) is 1.90. The zero-order valence-electron chi connectivity index (χ0n) is 17.8. The van der Waals surface area contributed by atoms with E-state index in [1.807, 2.05) is 72.7 Å². The second kappa shape index (κ2) is 7.73. The van der Waals surface area contributed by atoms with E-state index < -0.39 is 5.66 Å². The standard InChI is InChI=1S/C22H21N9O2/c1-23-11-10-22(29-14-24-26-27-29,20-12-16-6-2-4-8-18(16)32-20)30-15-25-31(28-30)21-13-17-7-3-5-9-19(17)33-21/h2-9,12-15,23,28H,10-11H2,1H3. The SMILES string of the molecule is CNCCC(c1cc2ccccc2o1)(N1C=NN(c2cc3ccccc3o2)N1)n1cnnn1. The van der Waals surface area contributed by atoms with Crippen molar-refractivity contribution in [3.05, 3.63) is 72.8 Å². The number of nitrogens with one attached hydrogen (secondary N) is 2. The lowest BCUT2D eigenvalue weighted by Crippen LogP contribution is -2.58. The van der Waals surface area contributed by atoms with E-state index in [4.69, 9.17) is 8.83 Å². The molecule has 3 aromatic heterocycles. The third-order valence-corrected chi connectivity index (χ3v) is 5.78. The van der Waals surface area contributed by atoms with Crippen molar-refractivity contribution in [1.82, 2.24) is 36.1 Å². The second-order valence-electron chi connectivity index (χ2n) is 7.71. The number of anilines is 1. The highest BCUT2D eigenvalue weighted by molar-refractivity contribution is 5.81. The summed E-state index contributed by atoms with van der Waals surface area (Å²) in [6.45, 7) is 0.660. The molecule has 0 saturated heterocycles.